The Hall–Kier alpha value is -0.120. The van der Waals surface area contributed by atoms with Gasteiger partial charge in [0.15, 0.2) is 0 Å². The van der Waals surface area contributed by atoms with Gasteiger partial charge in [0.25, 0.3) is 0 Å². The molecule has 0 spiro atoms. The Kier molecular flexibility index (Phi) is 5.90. The quantitative estimate of drug-likeness (QED) is 0.767. The molecule has 3 heteroatoms. The lowest BCUT2D eigenvalue weighted by Crippen LogP contribution is -2.43. The Morgan fingerprint density at radius 1 is 1.29 bits per heavy atom. The standard InChI is InChI=1S/C14H30N2O/c1-5-14(2,12-17)11-16-8-6-13(7-9-16)10-15(3)4/h13,17H,5-12H2,1-4H3. The Morgan fingerprint density at radius 3 is 2.29 bits per heavy atom. The van der Waals surface area contributed by atoms with Crippen molar-refractivity contribution < 1.29 is 5.11 Å². The van der Waals surface area contributed by atoms with Gasteiger partial charge in [0.05, 0.1) is 0 Å². The lowest BCUT2D eigenvalue weighted by molar-refractivity contribution is 0.0633. The molecule has 0 saturated carbocycles. The minimum atomic E-state index is 0.0917. The lowest BCUT2D eigenvalue weighted by Gasteiger charge is -2.38. The first kappa shape index (κ1) is 14.9. The zero-order valence-corrected chi connectivity index (χ0v) is 12.1. The molecule has 1 atom stereocenters. The first-order valence-corrected chi connectivity index (χ1v) is 6.97. The van der Waals surface area contributed by atoms with Crippen molar-refractivity contribution in [1.29, 1.82) is 0 Å². The lowest BCUT2D eigenvalue weighted by atomic mass is 9.86. The molecule has 0 radical (unpaired) electrons. The van der Waals surface area contributed by atoms with E-state index in [0.717, 1.165) is 18.9 Å². The van der Waals surface area contributed by atoms with Crippen molar-refractivity contribution >= 4 is 0 Å². The van der Waals surface area contributed by atoms with Crippen molar-refractivity contribution in [2.45, 2.75) is 33.1 Å². The Balaban J connectivity index is 2.32. The van der Waals surface area contributed by atoms with Gasteiger partial charge in [0.1, 0.15) is 0 Å². The van der Waals surface area contributed by atoms with Crippen LogP contribution in [0.15, 0.2) is 0 Å². The summed E-state index contributed by atoms with van der Waals surface area (Å²) in [5, 5.41) is 9.45. The molecule has 0 amide bonds. The number of likely N-dealkylation sites (tertiary alicyclic amines) is 1. The maximum atomic E-state index is 9.45. The van der Waals surface area contributed by atoms with E-state index in [0.29, 0.717) is 6.61 Å². The second-order valence-electron chi connectivity index (χ2n) is 6.30. The van der Waals surface area contributed by atoms with Crippen LogP contribution in [0.5, 0.6) is 0 Å². The highest BCUT2D eigenvalue weighted by Gasteiger charge is 2.27. The molecule has 0 bridgehead atoms. The highest BCUT2D eigenvalue weighted by molar-refractivity contribution is 4.80. The van der Waals surface area contributed by atoms with E-state index in [1.165, 1.54) is 32.5 Å². The van der Waals surface area contributed by atoms with Gasteiger partial charge in [0.2, 0.25) is 0 Å². The van der Waals surface area contributed by atoms with Crippen molar-refractivity contribution in [3.05, 3.63) is 0 Å². The van der Waals surface area contributed by atoms with E-state index in [2.05, 4.69) is 37.7 Å². The van der Waals surface area contributed by atoms with Gasteiger partial charge in [-0.2, -0.15) is 0 Å². The largest absolute Gasteiger partial charge is 0.396 e. The number of aliphatic hydroxyl groups excluding tert-OH is 1. The molecule has 1 N–H and O–H groups in total. The third kappa shape index (κ3) is 4.94. The molecule has 1 aliphatic rings. The molecule has 1 rings (SSSR count). The topological polar surface area (TPSA) is 26.7 Å². The van der Waals surface area contributed by atoms with E-state index >= 15 is 0 Å². The van der Waals surface area contributed by atoms with Crippen LogP contribution < -0.4 is 0 Å². The van der Waals surface area contributed by atoms with Gasteiger partial charge < -0.3 is 14.9 Å². The number of rotatable bonds is 6. The van der Waals surface area contributed by atoms with Crippen LogP contribution in [0.1, 0.15) is 33.1 Å². The van der Waals surface area contributed by atoms with Crippen LogP contribution in [0.4, 0.5) is 0 Å². The van der Waals surface area contributed by atoms with Gasteiger partial charge >= 0.3 is 0 Å². The summed E-state index contributed by atoms with van der Waals surface area (Å²) < 4.78 is 0. The summed E-state index contributed by atoms with van der Waals surface area (Å²) in [6.07, 6.45) is 3.67. The van der Waals surface area contributed by atoms with Crippen molar-refractivity contribution in [3.63, 3.8) is 0 Å². The average Bonchev–Trinajstić information content (AvgIpc) is 2.31. The molecule has 1 heterocycles. The Labute approximate surface area is 107 Å². The fourth-order valence-corrected chi connectivity index (χ4v) is 2.66. The van der Waals surface area contributed by atoms with E-state index in [1.54, 1.807) is 0 Å². The number of piperidine rings is 1. The molecule has 3 nitrogen and oxygen atoms in total. The molecule has 0 aromatic rings. The Morgan fingerprint density at radius 2 is 1.88 bits per heavy atom. The summed E-state index contributed by atoms with van der Waals surface area (Å²) in [7, 11) is 4.32. The fourth-order valence-electron chi connectivity index (χ4n) is 2.66. The minimum Gasteiger partial charge on any atom is -0.396 e. The smallest absolute Gasteiger partial charge is 0.0496 e. The molecule has 1 aliphatic heterocycles. The van der Waals surface area contributed by atoms with Crippen LogP contribution in [0.25, 0.3) is 0 Å². The first-order valence-electron chi connectivity index (χ1n) is 6.97. The highest BCUT2D eigenvalue weighted by Crippen LogP contribution is 2.25. The number of hydrogen-bond acceptors (Lipinski definition) is 3. The van der Waals surface area contributed by atoms with Crippen molar-refractivity contribution in [3.8, 4) is 0 Å². The molecular weight excluding hydrogens is 212 g/mol. The first-order chi connectivity index (χ1) is 7.99. The van der Waals surface area contributed by atoms with Crippen LogP contribution in [0.3, 0.4) is 0 Å². The summed E-state index contributed by atoms with van der Waals surface area (Å²) in [6, 6.07) is 0. The van der Waals surface area contributed by atoms with Gasteiger partial charge in [-0.15, -0.1) is 0 Å². The van der Waals surface area contributed by atoms with Gasteiger partial charge in [-0.25, -0.2) is 0 Å². The Bertz CT molecular complexity index is 206. The van der Waals surface area contributed by atoms with Gasteiger partial charge in [-0.3, -0.25) is 0 Å². The summed E-state index contributed by atoms with van der Waals surface area (Å²) in [5.74, 6) is 0.864. The molecule has 17 heavy (non-hydrogen) atoms. The molecule has 102 valence electrons. The van der Waals surface area contributed by atoms with E-state index in [-0.39, 0.29) is 5.41 Å². The van der Waals surface area contributed by atoms with E-state index < -0.39 is 0 Å². The van der Waals surface area contributed by atoms with Gasteiger partial charge in [-0.05, 0) is 52.4 Å². The average molecular weight is 242 g/mol. The van der Waals surface area contributed by atoms with Gasteiger partial charge in [0, 0.05) is 25.1 Å². The van der Waals surface area contributed by atoms with E-state index in [4.69, 9.17) is 0 Å². The van der Waals surface area contributed by atoms with Crippen LogP contribution in [-0.4, -0.2) is 61.8 Å². The molecule has 0 aromatic heterocycles. The van der Waals surface area contributed by atoms with Crippen LogP contribution in [0.2, 0.25) is 0 Å². The summed E-state index contributed by atoms with van der Waals surface area (Å²) >= 11 is 0. The van der Waals surface area contributed by atoms with Crippen LogP contribution in [0, 0.1) is 11.3 Å². The molecule has 1 saturated heterocycles. The number of aliphatic hydroxyl groups is 1. The third-order valence-corrected chi connectivity index (χ3v) is 4.17. The van der Waals surface area contributed by atoms with Crippen LogP contribution in [-0.2, 0) is 0 Å². The zero-order chi connectivity index (χ0) is 12.9. The molecular formula is C14H30N2O. The summed E-state index contributed by atoms with van der Waals surface area (Å²) in [5.41, 5.74) is 0.0917. The summed E-state index contributed by atoms with van der Waals surface area (Å²) in [4.78, 5) is 4.83. The van der Waals surface area contributed by atoms with Crippen LogP contribution >= 0.6 is 0 Å². The minimum absolute atomic E-state index is 0.0917. The van der Waals surface area contributed by atoms with Crippen molar-refractivity contribution in [2.75, 3.05) is 46.9 Å². The maximum absolute atomic E-state index is 9.45. The molecule has 0 aliphatic carbocycles. The second kappa shape index (κ2) is 6.72. The zero-order valence-electron chi connectivity index (χ0n) is 12.1. The normalized spacial score (nSPS) is 22.9. The number of nitrogens with zero attached hydrogens (tertiary/aromatic N) is 2. The fraction of sp³-hybridized carbons (Fsp3) is 1.00. The predicted octanol–water partition coefficient (Wildman–Crippen LogP) is 1.67. The SMILES string of the molecule is CCC(C)(CO)CN1CCC(CN(C)C)CC1. The van der Waals surface area contributed by atoms with E-state index in [1.807, 2.05) is 0 Å². The monoisotopic (exact) mass is 242 g/mol. The van der Waals surface area contributed by atoms with Crippen molar-refractivity contribution in [1.82, 2.24) is 9.80 Å². The van der Waals surface area contributed by atoms with Gasteiger partial charge in [-0.1, -0.05) is 13.8 Å². The second-order valence-corrected chi connectivity index (χ2v) is 6.30. The third-order valence-electron chi connectivity index (χ3n) is 4.17. The maximum Gasteiger partial charge on any atom is 0.0496 e. The molecule has 1 unspecified atom stereocenters. The highest BCUT2D eigenvalue weighted by atomic mass is 16.3. The molecule has 0 aromatic carbocycles. The molecule has 1 fully saturated rings. The predicted molar refractivity (Wildman–Crippen MR) is 73.2 cm³/mol. The summed E-state index contributed by atoms with van der Waals surface area (Å²) in [6.45, 7) is 9.35. The van der Waals surface area contributed by atoms with E-state index in [9.17, 15) is 5.11 Å². The van der Waals surface area contributed by atoms with Crippen molar-refractivity contribution in [2.24, 2.45) is 11.3 Å². The number of hydrogen-bond donors (Lipinski definition) is 1.